The van der Waals surface area contributed by atoms with Crippen molar-refractivity contribution >= 4 is 17.3 Å². The average molecular weight is 219 g/mol. The summed E-state index contributed by atoms with van der Waals surface area (Å²) in [4.78, 5) is 2.12. The molecule has 84 valence electrons. The van der Waals surface area contributed by atoms with Crippen LogP contribution in [0.5, 0.6) is 0 Å². The van der Waals surface area contributed by atoms with Gasteiger partial charge < -0.3 is 20.3 Å². The molecule has 0 bridgehead atoms. The van der Waals surface area contributed by atoms with E-state index in [2.05, 4.69) is 22.5 Å². The van der Waals surface area contributed by atoms with Gasteiger partial charge in [0.1, 0.15) is 0 Å². The Balaban J connectivity index is 3.50. The Morgan fingerprint density at radius 3 is 2.64 bits per heavy atom. The lowest BCUT2D eigenvalue weighted by atomic mass is 10.3. The number of likely N-dealkylation sites (N-methyl/N-ethyl adjacent to an activating group) is 1. The number of nitrogens with zero attached hydrogens (tertiary/aromatic N) is 1. The minimum Gasteiger partial charge on any atom is -0.383 e. The first kappa shape index (κ1) is 13.6. The number of rotatable bonds is 6. The Bertz CT molecular complexity index is 164. The molecule has 14 heavy (non-hydrogen) atoms. The van der Waals surface area contributed by atoms with E-state index in [4.69, 9.17) is 17.0 Å². The van der Waals surface area contributed by atoms with Crippen LogP contribution in [-0.2, 0) is 4.74 Å². The first-order valence-corrected chi connectivity index (χ1v) is 5.15. The molecule has 4 nitrogen and oxygen atoms in total. The van der Waals surface area contributed by atoms with E-state index < -0.39 is 0 Å². The van der Waals surface area contributed by atoms with Crippen molar-refractivity contribution in [3.8, 4) is 0 Å². The van der Waals surface area contributed by atoms with E-state index in [1.165, 1.54) is 0 Å². The third-order valence-corrected chi connectivity index (χ3v) is 1.87. The molecule has 1 unspecified atom stereocenters. The van der Waals surface area contributed by atoms with Crippen LogP contribution in [-0.4, -0.2) is 57.0 Å². The Kier molecular flexibility index (Phi) is 7.74. The SMILES string of the molecule is COCCNC(=S)NC(C)CN(C)C. The second-order valence-corrected chi connectivity index (χ2v) is 3.96. The quantitative estimate of drug-likeness (QED) is 0.487. The second kappa shape index (κ2) is 7.96. The molecule has 0 saturated heterocycles. The fourth-order valence-electron chi connectivity index (χ4n) is 1.13. The lowest BCUT2D eigenvalue weighted by molar-refractivity contribution is 0.203. The molecule has 0 fully saturated rings. The van der Waals surface area contributed by atoms with Crippen molar-refractivity contribution in [2.45, 2.75) is 13.0 Å². The zero-order valence-corrected chi connectivity index (χ0v) is 10.3. The van der Waals surface area contributed by atoms with Gasteiger partial charge >= 0.3 is 0 Å². The summed E-state index contributed by atoms with van der Waals surface area (Å²) in [6, 6.07) is 0.354. The van der Waals surface area contributed by atoms with Gasteiger partial charge in [-0.25, -0.2) is 0 Å². The Morgan fingerprint density at radius 2 is 2.14 bits per heavy atom. The zero-order chi connectivity index (χ0) is 11.0. The average Bonchev–Trinajstić information content (AvgIpc) is 2.02. The smallest absolute Gasteiger partial charge is 0.166 e. The van der Waals surface area contributed by atoms with Crippen LogP contribution in [0.4, 0.5) is 0 Å². The number of methoxy groups -OCH3 is 1. The van der Waals surface area contributed by atoms with E-state index in [0.717, 1.165) is 13.1 Å². The van der Waals surface area contributed by atoms with Crippen molar-refractivity contribution in [3.05, 3.63) is 0 Å². The maximum absolute atomic E-state index is 5.10. The first-order chi connectivity index (χ1) is 6.56. The van der Waals surface area contributed by atoms with Gasteiger partial charge in [0.05, 0.1) is 6.61 Å². The molecule has 1 atom stereocenters. The third kappa shape index (κ3) is 8.22. The number of hydrogen-bond donors (Lipinski definition) is 2. The molecule has 0 aromatic heterocycles. The molecule has 5 heteroatoms. The molecule has 0 radical (unpaired) electrons. The van der Waals surface area contributed by atoms with E-state index >= 15 is 0 Å². The molecule has 2 N–H and O–H groups in total. The van der Waals surface area contributed by atoms with E-state index in [0.29, 0.717) is 17.8 Å². The van der Waals surface area contributed by atoms with Gasteiger partial charge in [-0.05, 0) is 33.2 Å². The molecule has 0 spiro atoms. The summed E-state index contributed by atoms with van der Waals surface area (Å²) in [6.45, 7) is 4.48. The molecular formula is C9H21N3OS. The maximum Gasteiger partial charge on any atom is 0.166 e. The summed E-state index contributed by atoms with van der Waals surface area (Å²) < 4.78 is 4.90. The molecule has 0 aromatic rings. The fourth-order valence-corrected chi connectivity index (χ4v) is 1.44. The van der Waals surface area contributed by atoms with E-state index in [1.54, 1.807) is 7.11 Å². The molecule has 0 aromatic carbocycles. The molecule has 0 aliphatic rings. The number of ether oxygens (including phenoxy) is 1. The molecule has 0 aliphatic carbocycles. The minimum absolute atomic E-state index is 0.354. The minimum atomic E-state index is 0.354. The van der Waals surface area contributed by atoms with Crippen molar-refractivity contribution in [1.29, 1.82) is 0 Å². The predicted molar refractivity (Wildman–Crippen MR) is 63.6 cm³/mol. The Labute approximate surface area is 92.0 Å². The molecular weight excluding hydrogens is 198 g/mol. The van der Waals surface area contributed by atoms with E-state index in [-0.39, 0.29) is 0 Å². The highest BCUT2D eigenvalue weighted by Gasteiger charge is 2.04. The number of hydrogen-bond acceptors (Lipinski definition) is 3. The van der Waals surface area contributed by atoms with Crippen LogP contribution in [0, 0.1) is 0 Å². The van der Waals surface area contributed by atoms with Crippen molar-refractivity contribution in [2.24, 2.45) is 0 Å². The van der Waals surface area contributed by atoms with Gasteiger partial charge in [-0.3, -0.25) is 0 Å². The molecule has 0 amide bonds. The Morgan fingerprint density at radius 1 is 1.50 bits per heavy atom. The molecule has 0 heterocycles. The summed E-state index contributed by atoms with van der Waals surface area (Å²) in [5.41, 5.74) is 0. The van der Waals surface area contributed by atoms with Crippen molar-refractivity contribution in [1.82, 2.24) is 15.5 Å². The largest absolute Gasteiger partial charge is 0.383 e. The topological polar surface area (TPSA) is 36.5 Å². The monoisotopic (exact) mass is 219 g/mol. The van der Waals surface area contributed by atoms with Gasteiger partial charge in [-0.15, -0.1) is 0 Å². The summed E-state index contributed by atoms with van der Waals surface area (Å²) >= 11 is 5.10. The van der Waals surface area contributed by atoms with Gasteiger partial charge in [0.25, 0.3) is 0 Å². The highest BCUT2D eigenvalue weighted by atomic mass is 32.1. The van der Waals surface area contributed by atoms with Crippen LogP contribution in [0.15, 0.2) is 0 Å². The lowest BCUT2D eigenvalue weighted by Crippen LogP contribution is -2.45. The highest BCUT2D eigenvalue weighted by molar-refractivity contribution is 7.80. The zero-order valence-electron chi connectivity index (χ0n) is 9.46. The second-order valence-electron chi connectivity index (χ2n) is 3.56. The first-order valence-electron chi connectivity index (χ1n) is 4.74. The third-order valence-electron chi connectivity index (χ3n) is 1.61. The maximum atomic E-state index is 5.10. The summed E-state index contributed by atoms with van der Waals surface area (Å²) in [5, 5.41) is 6.95. The van der Waals surface area contributed by atoms with Crippen LogP contribution in [0.25, 0.3) is 0 Å². The summed E-state index contributed by atoms with van der Waals surface area (Å²) in [6.07, 6.45) is 0. The van der Waals surface area contributed by atoms with Crippen molar-refractivity contribution in [3.63, 3.8) is 0 Å². The molecule has 0 saturated carbocycles. The van der Waals surface area contributed by atoms with Crippen LogP contribution in [0.3, 0.4) is 0 Å². The van der Waals surface area contributed by atoms with Gasteiger partial charge in [0.2, 0.25) is 0 Å². The Hall–Kier alpha value is -0.390. The van der Waals surface area contributed by atoms with Crippen molar-refractivity contribution in [2.75, 3.05) is 40.9 Å². The lowest BCUT2D eigenvalue weighted by Gasteiger charge is -2.20. The van der Waals surface area contributed by atoms with Gasteiger partial charge in [0, 0.05) is 26.2 Å². The van der Waals surface area contributed by atoms with Crippen LogP contribution in [0.2, 0.25) is 0 Å². The summed E-state index contributed by atoms with van der Waals surface area (Å²) in [7, 11) is 5.76. The molecule has 0 rings (SSSR count). The summed E-state index contributed by atoms with van der Waals surface area (Å²) in [5.74, 6) is 0. The van der Waals surface area contributed by atoms with Gasteiger partial charge in [0.15, 0.2) is 5.11 Å². The normalized spacial score (nSPS) is 12.6. The predicted octanol–water partition coefficient (Wildman–Crippen LogP) is 0.0470. The van der Waals surface area contributed by atoms with E-state index in [1.807, 2.05) is 14.1 Å². The van der Waals surface area contributed by atoms with Crippen molar-refractivity contribution < 1.29 is 4.74 Å². The van der Waals surface area contributed by atoms with Gasteiger partial charge in [-0.1, -0.05) is 0 Å². The molecule has 0 aliphatic heterocycles. The van der Waals surface area contributed by atoms with Crippen LogP contribution in [0.1, 0.15) is 6.92 Å². The van der Waals surface area contributed by atoms with E-state index in [9.17, 15) is 0 Å². The van der Waals surface area contributed by atoms with Crippen LogP contribution < -0.4 is 10.6 Å². The highest BCUT2D eigenvalue weighted by Crippen LogP contribution is 1.84. The van der Waals surface area contributed by atoms with Crippen LogP contribution >= 0.6 is 12.2 Å². The number of thiocarbonyl (C=S) groups is 1. The fraction of sp³-hybridized carbons (Fsp3) is 0.889. The number of nitrogens with one attached hydrogen (secondary N) is 2. The standard InChI is InChI=1S/C9H21N3OS/c1-8(7-12(2)3)11-9(14)10-5-6-13-4/h8H,5-7H2,1-4H3,(H2,10,11,14). The van der Waals surface area contributed by atoms with Gasteiger partial charge in [-0.2, -0.15) is 0 Å².